The fourth-order valence-corrected chi connectivity index (χ4v) is 1.96. The number of hydrogen-bond donors (Lipinski definition) is 1. The van der Waals surface area contributed by atoms with E-state index >= 15 is 0 Å². The van der Waals surface area contributed by atoms with Crippen LogP contribution in [-0.4, -0.2) is 27.2 Å². The monoisotopic (exact) mass is 277 g/mol. The highest BCUT2D eigenvalue weighted by atomic mass is 32.1. The number of fused-ring (bicyclic) bond motifs is 1. The summed E-state index contributed by atoms with van der Waals surface area (Å²) in [5.41, 5.74) is 1.90. The molecular weight excluding hydrogens is 266 g/mol. The SMILES string of the molecule is C/C=C/C(=O)OCC(=O)Nc1cccc2nsnc12. The molecule has 0 bridgehead atoms. The zero-order chi connectivity index (χ0) is 13.7. The first-order valence-electron chi connectivity index (χ1n) is 5.51. The van der Waals surface area contributed by atoms with Gasteiger partial charge in [0.1, 0.15) is 11.0 Å². The lowest BCUT2D eigenvalue weighted by molar-refractivity contribution is -0.142. The number of anilines is 1. The molecule has 1 N–H and O–H groups in total. The van der Waals surface area contributed by atoms with Crippen molar-refractivity contribution >= 4 is 40.3 Å². The van der Waals surface area contributed by atoms with Gasteiger partial charge >= 0.3 is 5.97 Å². The lowest BCUT2D eigenvalue weighted by Crippen LogP contribution is -2.20. The number of allylic oxidation sites excluding steroid dienone is 1. The van der Waals surface area contributed by atoms with Crippen LogP contribution in [0, 0.1) is 0 Å². The molecule has 7 heteroatoms. The molecule has 1 amide bonds. The molecule has 1 aromatic heterocycles. The van der Waals surface area contributed by atoms with Crippen molar-refractivity contribution in [1.82, 2.24) is 8.75 Å². The van der Waals surface area contributed by atoms with Crippen molar-refractivity contribution < 1.29 is 14.3 Å². The Labute approximate surface area is 113 Å². The van der Waals surface area contributed by atoms with Gasteiger partial charge in [-0.25, -0.2) is 4.79 Å². The van der Waals surface area contributed by atoms with Crippen LogP contribution in [0.25, 0.3) is 11.0 Å². The topological polar surface area (TPSA) is 81.2 Å². The van der Waals surface area contributed by atoms with Crippen LogP contribution in [0.1, 0.15) is 6.92 Å². The summed E-state index contributed by atoms with van der Waals surface area (Å²) < 4.78 is 12.9. The number of carbonyl (C=O) groups excluding carboxylic acids is 2. The molecule has 0 saturated carbocycles. The molecule has 0 aliphatic rings. The number of aromatic nitrogens is 2. The molecule has 1 heterocycles. The van der Waals surface area contributed by atoms with Crippen LogP contribution >= 0.6 is 11.7 Å². The normalized spacial score (nSPS) is 10.8. The first-order valence-corrected chi connectivity index (χ1v) is 6.24. The van der Waals surface area contributed by atoms with Crippen molar-refractivity contribution in [3.8, 4) is 0 Å². The van der Waals surface area contributed by atoms with Gasteiger partial charge in [-0.15, -0.1) is 0 Å². The second-order valence-electron chi connectivity index (χ2n) is 3.59. The summed E-state index contributed by atoms with van der Waals surface area (Å²) in [7, 11) is 0. The van der Waals surface area contributed by atoms with Crippen LogP contribution in [0.5, 0.6) is 0 Å². The van der Waals surface area contributed by atoms with E-state index in [2.05, 4.69) is 14.1 Å². The van der Waals surface area contributed by atoms with E-state index in [1.54, 1.807) is 31.2 Å². The summed E-state index contributed by atoms with van der Waals surface area (Å²) in [6.07, 6.45) is 2.79. The molecule has 2 rings (SSSR count). The number of ether oxygens (including phenoxy) is 1. The summed E-state index contributed by atoms with van der Waals surface area (Å²) in [4.78, 5) is 22.7. The Hall–Kier alpha value is -2.28. The van der Waals surface area contributed by atoms with Crippen LogP contribution in [-0.2, 0) is 14.3 Å². The van der Waals surface area contributed by atoms with E-state index in [0.717, 1.165) is 11.7 Å². The zero-order valence-corrected chi connectivity index (χ0v) is 10.9. The third kappa shape index (κ3) is 3.35. The van der Waals surface area contributed by atoms with Gasteiger partial charge in [0.15, 0.2) is 6.61 Å². The highest BCUT2D eigenvalue weighted by Gasteiger charge is 2.09. The largest absolute Gasteiger partial charge is 0.452 e. The molecule has 0 fully saturated rings. The number of hydrogen-bond acceptors (Lipinski definition) is 6. The molecule has 0 aliphatic carbocycles. The minimum Gasteiger partial charge on any atom is -0.452 e. The molecule has 0 unspecified atom stereocenters. The summed E-state index contributed by atoms with van der Waals surface area (Å²) in [5, 5.41) is 2.63. The number of esters is 1. The van der Waals surface area contributed by atoms with Crippen molar-refractivity contribution in [3.63, 3.8) is 0 Å². The first kappa shape index (κ1) is 13.2. The number of amides is 1. The molecule has 0 saturated heterocycles. The molecule has 1 aromatic carbocycles. The average molecular weight is 277 g/mol. The lowest BCUT2D eigenvalue weighted by Gasteiger charge is -2.05. The summed E-state index contributed by atoms with van der Waals surface area (Å²) in [5.74, 6) is -0.968. The molecule has 2 aromatic rings. The van der Waals surface area contributed by atoms with E-state index in [4.69, 9.17) is 4.74 Å². The van der Waals surface area contributed by atoms with Crippen molar-refractivity contribution in [2.75, 3.05) is 11.9 Å². The summed E-state index contributed by atoms with van der Waals surface area (Å²) in [6.45, 7) is 1.36. The number of benzene rings is 1. The number of nitrogens with one attached hydrogen (secondary N) is 1. The van der Waals surface area contributed by atoms with E-state index in [-0.39, 0.29) is 6.61 Å². The molecule has 19 heavy (non-hydrogen) atoms. The van der Waals surface area contributed by atoms with Gasteiger partial charge in [-0.1, -0.05) is 12.1 Å². The van der Waals surface area contributed by atoms with Crippen LogP contribution in [0.2, 0.25) is 0 Å². The Balaban J connectivity index is 1.99. The maximum absolute atomic E-state index is 11.6. The Kier molecular flexibility index (Phi) is 4.19. The summed E-state index contributed by atoms with van der Waals surface area (Å²) >= 11 is 1.07. The minimum absolute atomic E-state index is 0.336. The Morgan fingerprint density at radius 3 is 3.05 bits per heavy atom. The third-order valence-corrected chi connectivity index (χ3v) is 2.75. The van der Waals surface area contributed by atoms with E-state index in [0.29, 0.717) is 16.7 Å². The molecule has 6 nitrogen and oxygen atoms in total. The second-order valence-corrected chi connectivity index (χ2v) is 4.12. The van der Waals surface area contributed by atoms with Gasteiger partial charge in [-0.3, -0.25) is 4.79 Å². The molecular formula is C12H11N3O3S. The van der Waals surface area contributed by atoms with Gasteiger partial charge in [-0.2, -0.15) is 8.75 Å². The van der Waals surface area contributed by atoms with Crippen molar-refractivity contribution in [1.29, 1.82) is 0 Å². The summed E-state index contributed by atoms with van der Waals surface area (Å²) in [6, 6.07) is 5.29. The van der Waals surface area contributed by atoms with Crippen molar-refractivity contribution in [2.24, 2.45) is 0 Å². The van der Waals surface area contributed by atoms with Gasteiger partial charge in [0.25, 0.3) is 5.91 Å². The Morgan fingerprint density at radius 2 is 2.26 bits per heavy atom. The highest BCUT2D eigenvalue weighted by Crippen LogP contribution is 2.20. The van der Waals surface area contributed by atoms with E-state index in [9.17, 15) is 9.59 Å². The molecule has 98 valence electrons. The van der Waals surface area contributed by atoms with Gasteiger partial charge < -0.3 is 10.1 Å². The second kappa shape index (κ2) is 6.05. The maximum Gasteiger partial charge on any atom is 0.330 e. The molecule has 0 radical (unpaired) electrons. The van der Waals surface area contributed by atoms with E-state index in [1.807, 2.05) is 0 Å². The minimum atomic E-state index is -0.550. The van der Waals surface area contributed by atoms with Gasteiger partial charge in [0, 0.05) is 6.08 Å². The standard InChI is InChI=1S/C12H11N3O3S/c1-2-4-11(17)18-7-10(16)13-8-5-3-6-9-12(8)15-19-14-9/h2-6H,7H2,1H3,(H,13,16)/b4-2+. The fraction of sp³-hybridized carbons (Fsp3) is 0.167. The van der Waals surface area contributed by atoms with Gasteiger partial charge in [0.2, 0.25) is 0 Å². The predicted molar refractivity (Wildman–Crippen MR) is 71.8 cm³/mol. The van der Waals surface area contributed by atoms with E-state index in [1.165, 1.54) is 6.08 Å². The predicted octanol–water partition coefficient (Wildman–Crippen LogP) is 1.75. The Morgan fingerprint density at radius 1 is 1.42 bits per heavy atom. The van der Waals surface area contributed by atoms with Crippen molar-refractivity contribution in [2.45, 2.75) is 6.92 Å². The van der Waals surface area contributed by atoms with Crippen molar-refractivity contribution in [3.05, 3.63) is 30.4 Å². The van der Waals surface area contributed by atoms with Crippen LogP contribution in [0.3, 0.4) is 0 Å². The van der Waals surface area contributed by atoms with Crippen LogP contribution in [0.15, 0.2) is 30.4 Å². The molecule has 0 aliphatic heterocycles. The third-order valence-electron chi connectivity index (χ3n) is 2.21. The maximum atomic E-state index is 11.6. The first-order chi connectivity index (χ1) is 9.20. The number of nitrogens with zero attached hydrogens (tertiary/aromatic N) is 2. The molecule has 0 atom stereocenters. The fourth-order valence-electron chi connectivity index (χ4n) is 1.41. The lowest BCUT2D eigenvalue weighted by atomic mass is 10.2. The number of rotatable bonds is 4. The smallest absolute Gasteiger partial charge is 0.330 e. The van der Waals surface area contributed by atoms with Crippen LogP contribution < -0.4 is 5.32 Å². The van der Waals surface area contributed by atoms with Crippen LogP contribution in [0.4, 0.5) is 5.69 Å². The molecule has 0 spiro atoms. The average Bonchev–Trinajstić information content (AvgIpc) is 2.86. The van der Waals surface area contributed by atoms with Gasteiger partial charge in [-0.05, 0) is 19.1 Å². The highest BCUT2D eigenvalue weighted by molar-refractivity contribution is 7.00. The van der Waals surface area contributed by atoms with E-state index < -0.39 is 11.9 Å². The quantitative estimate of drug-likeness (QED) is 0.680. The zero-order valence-electron chi connectivity index (χ0n) is 10.1. The Bertz CT molecular complexity index is 636. The van der Waals surface area contributed by atoms with Gasteiger partial charge in [0.05, 0.1) is 17.4 Å². The number of carbonyl (C=O) groups is 2.